The summed E-state index contributed by atoms with van der Waals surface area (Å²) in [6, 6.07) is 5.64. The van der Waals surface area contributed by atoms with Crippen LogP contribution >= 0.6 is 11.6 Å². The molecule has 0 spiro atoms. The predicted molar refractivity (Wildman–Crippen MR) is 89.1 cm³/mol. The van der Waals surface area contributed by atoms with E-state index in [1.165, 1.54) is 6.33 Å². The molecule has 2 aromatic rings. The molecule has 2 aliphatic rings. The van der Waals surface area contributed by atoms with Gasteiger partial charge in [0.15, 0.2) is 0 Å². The molecule has 120 valence electrons. The largest absolute Gasteiger partial charge is 0.345 e. The minimum absolute atomic E-state index is 0.125. The number of carbonyl (C=O) groups excluding carboxylic acids is 1. The molecule has 2 N–H and O–H groups in total. The van der Waals surface area contributed by atoms with Crippen molar-refractivity contribution in [3.63, 3.8) is 0 Å². The van der Waals surface area contributed by atoms with E-state index in [-0.39, 0.29) is 11.8 Å². The van der Waals surface area contributed by atoms with Crippen molar-refractivity contribution in [2.45, 2.75) is 19.4 Å². The Morgan fingerprint density at radius 1 is 1.30 bits per heavy atom. The third kappa shape index (κ3) is 2.39. The molecule has 1 aromatic heterocycles. The Morgan fingerprint density at radius 2 is 2.04 bits per heavy atom. The number of amides is 1. The molecule has 1 aromatic carbocycles. The first-order valence-corrected chi connectivity index (χ1v) is 8.29. The molecule has 1 amide bonds. The van der Waals surface area contributed by atoms with Gasteiger partial charge in [0.05, 0.1) is 21.8 Å². The van der Waals surface area contributed by atoms with E-state index in [1.54, 1.807) is 0 Å². The van der Waals surface area contributed by atoms with Crippen molar-refractivity contribution >= 4 is 28.4 Å². The van der Waals surface area contributed by atoms with Crippen LogP contribution in [-0.2, 0) is 10.3 Å². The Bertz CT molecular complexity index is 781. The summed E-state index contributed by atoms with van der Waals surface area (Å²) in [7, 11) is 0. The number of para-hydroxylation sites is 1. The van der Waals surface area contributed by atoms with Crippen molar-refractivity contribution < 1.29 is 4.79 Å². The Hall–Kier alpha value is -1.72. The van der Waals surface area contributed by atoms with Gasteiger partial charge in [0, 0.05) is 11.3 Å². The molecule has 5 nitrogen and oxygen atoms in total. The number of carbonyl (C=O) groups is 1. The molecule has 0 radical (unpaired) electrons. The summed E-state index contributed by atoms with van der Waals surface area (Å²) in [5.41, 5.74) is 0.934. The highest BCUT2D eigenvalue weighted by atomic mass is 35.5. The highest BCUT2D eigenvalue weighted by Crippen LogP contribution is 2.49. The standard InChI is InChI=1S/C17H19ClN4O/c1-17(2,22-16(23)13-10-6-19-7-11(10)13)15-9-4-3-5-12(18)14(9)20-8-21-15/h3-5,8,10-11,13,19H,6-7H2,1-2H3,(H,22,23)/t10-,11+,13?. The minimum Gasteiger partial charge on any atom is -0.345 e. The van der Waals surface area contributed by atoms with Gasteiger partial charge < -0.3 is 10.6 Å². The highest BCUT2D eigenvalue weighted by molar-refractivity contribution is 6.35. The third-order valence-electron chi connectivity index (χ3n) is 5.04. The number of rotatable bonds is 3. The first kappa shape index (κ1) is 14.8. The average molecular weight is 331 g/mol. The van der Waals surface area contributed by atoms with Gasteiger partial charge in [-0.2, -0.15) is 0 Å². The van der Waals surface area contributed by atoms with Gasteiger partial charge >= 0.3 is 0 Å². The summed E-state index contributed by atoms with van der Waals surface area (Å²) in [5.74, 6) is 1.28. The number of nitrogens with one attached hydrogen (secondary N) is 2. The molecular weight excluding hydrogens is 312 g/mol. The second-order valence-corrected chi connectivity index (χ2v) is 7.39. The molecule has 23 heavy (non-hydrogen) atoms. The second kappa shape index (κ2) is 5.14. The summed E-state index contributed by atoms with van der Waals surface area (Å²) in [4.78, 5) is 21.3. The lowest BCUT2D eigenvalue weighted by atomic mass is 9.95. The Labute approximate surface area is 139 Å². The minimum atomic E-state index is -0.576. The monoisotopic (exact) mass is 330 g/mol. The maximum atomic E-state index is 12.6. The molecule has 3 atom stereocenters. The van der Waals surface area contributed by atoms with Crippen LogP contribution in [0.2, 0.25) is 5.02 Å². The summed E-state index contributed by atoms with van der Waals surface area (Å²) in [6.07, 6.45) is 1.51. The fourth-order valence-corrected chi connectivity index (χ4v) is 4.03. The van der Waals surface area contributed by atoms with Crippen LogP contribution in [0.15, 0.2) is 24.5 Å². The zero-order valence-corrected chi connectivity index (χ0v) is 13.9. The van der Waals surface area contributed by atoms with Crippen LogP contribution in [0.25, 0.3) is 10.9 Å². The van der Waals surface area contributed by atoms with Crippen LogP contribution < -0.4 is 10.6 Å². The second-order valence-electron chi connectivity index (χ2n) is 6.98. The first-order valence-electron chi connectivity index (χ1n) is 7.91. The molecule has 1 saturated heterocycles. The normalized spacial score (nSPS) is 26.1. The number of hydrogen-bond acceptors (Lipinski definition) is 4. The maximum Gasteiger partial charge on any atom is 0.224 e. The molecule has 1 aliphatic heterocycles. The van der Waals surface area contributed by atoms with Crippen molar-refractivity contribution in [1.29, 1.82) is 0 Å². The summed E-state index contributed by atoms with van der Waals surface area (Å²) < 4.78 is 0. The summed E-state index contributed by atoms with van der Waals surface area (Å²) >= 11 is 6.23. The Kier molecular flexibility index (Phi) is 3.32. The van der Waals surface area contributed by atoms with Crippen LogP contribution in [0.1, 0.15) is 19.5 Å². The number of hydrogen-bond donors (Lipinski definition) is 2. The van der Waals surface area contributed by atoms with Crippen LogP contribution in [0, 0.1) is 17.8 Å². The van der Waals surface area contributed by atoms with E-state index < -0.39 is 5.54 Å². The fourth-order valence-electron chi connectivity index (χ4n) is 3.81. The number of piperidine rings is 1. The van der Waals surface area contributed by atoms with Gasteiger partial charge in [-0.3, -0.25) is 4.79 Å². The smallest absolute Gasteiger partial charge is 0.224 e. The van der Waals surface area contributed by atoms with Crippen molar-refractivity contribution in [2.24, 2.45) is 17.8 Å². The lowest BCUT2D eigenvalue weighted by Gasteiger charge is -2.27. The van der Waals surface area contributed by atoms with Crippen molar-refractivity contribution in [3.05, 3.63) is 35.2 Å². The van der Waals surface area contributed by atoms with Crippen molar-refractivity contribution in [2.75, 3.05) is 13.1 Å². The van der Waals surface area contributed by atoms with E-state index in [1.807, 2.05) is 32.0 Å². The van der Waals surface area contributed by atoms with E-state index in [2.05, 4.69) is 20.6 Å². The van der Waals surface area contributed by atoms with E-state index in [0.717, 1.165) is 24.2 Å². The average Bonchev–Trinajstić information content (AvgIpc) is 3.00. The zero-order valence-electron chi connectivity index (χ0n) is 13.1. The van der Waals surface area contributed by atoms with Gasteiger partial charge in [-0.1, -0.05) is 23.7 Å². The quantitative estimate of drug-likeness (QED) is 0.904. The molecule has 4 rings (SSSR count). The van der Waals surface area contributed by atoms with Crippen LogP contribution in [0.4, 0.5) is 0 Å². The SMILES string of the molecule is CC(C)(NC(=O)C1[C@H]2CNC[C@@H]12)c1ncnc2c(Cl)cccc12. The van der Waals surface area contributed by atoms with Gasteiger partial charge in [-0.15, -0.1) is 0 Å². The van der Waals surface area contributed by atoms with E-state index in [9.17, 15) is 4.79 Å². The number of halogens is 1. The number of nitrogens with zero attached hydrogens (tertiary/aromatic N) is 2. The Morgan fingerprint density at radius 3 is 2.78 bits per heavy atom. The number of benzene rings is 1. The van der Waals surface area contributed by atoms with E-state index in [4.69, 9.17) is 11.6 Å². The number of fused-ring (bicyclic) bond motifs is 2. The van der Waals surface area contributed by atoms with Crippen molar-refractivity contribution in [1.82, 2.24) is 20.6 Å². The summed E-state index contributed by atoms with van der Waals surface area (Å²) in [6.45, 7) is 5.86. The molecule has 2 fully saturated rings. The van der Waals surface area contributed by atoms with Crippen LogP contribution in [-0.4, -0.2) is 29.0 Å². The molecule has 1 unspecified atom stereocenters. The molecule has 1 saturated carbocycles. The fraction of sp³-hybridized carbons (Fsp3) is 0.471. The molecule has 2 heterocycles. The molecule has 1 aliphatic carbocycles. The van der Waals surface area contributed by atoms with Gasteiger partial charge in [0.2, 0.25) is 5.91 Å². The topological polar surface area (TPSA) is 66.9 Å². The van der Waals surface area contributed by atoms with Crippen LogP contribution in [0.5, 0.6) is 0 Å². The highest BCUT2D eigenvalue weighted by Gasteiger charge is 2.57. The third-order valence-corrected chi connectivity index (χ3v) is 5.34. The van der Waals surface area contributed by atoms with Crippen molar-refractivity contribution in [3.8, 4) is 0 Å². The van der Waals surface area contributed by atoms with Gasteiger partial charge in [0.25, 0.3) is 0 Å². The van der Waals surface area contributed by atoms with Crippen LogP contribution in [0.3, 0.4) is 0 Å². The lowest BCUT2D eigenvalue weighted by Crippen LogP contribution is -2.43. The maximum absolute atomic E-state index is 12.6. The molecular formula is C17H19ClN4O. The first-order chi connectivity index (χ1) is 11.0. The molecule has 0 bridgehead atoms. The van der Waals surface area contributed by atoms with Gasteiger partial charge in [-0.05, 0) is 44.8 Å². The van der Waals surface area contributed by atoms with E-state index >= 15 is 0 Å². The number of aromatic nitrogens is 2. The Balaban J connectivity index is 1.63. The summed E-state index contributed by atoms with van der Waals surface area (Å²) in [5, 5.41) is 7.96. The van der Waals surface area contributed by atoms with Gasteiger partial charge in [0.1, 0.15) is 6.33 Å². The predicted octanol–water partition coefficient (Wildman–Crippen LogP) is 2.10. The zero-order chi connectivity index (χ0) is 16.2. The molecule has 6 heteroatoms. The van der Waals surface area contributed by atoms with E-state index in [0.29, 0.717) is 22.4 Å². The lowest BCUT2D eigenvalue weighted by molar-refractivity contribution is -0.124. The van der Waals surface area contributed by atoms with Gasteiger partial charge in [-0.25, -0.2) is 9.97 Å².